The van der Waals surface area contributed by atoms with E-state index in [1.807, 2.05) is 0 Å². The fourth-order valence-electron chi connectivity index (χ4n) is 1.11. The summed E-state index contributed by atoms with van der Waals surface area (Å²) in [6.45, 7) is 0. The Bertz CT molecular complexity index is 446. The second-order valence-corrected chi connectivity index (χ2v) is 4.57. The van der Waals surface area contributed by atoms with Crippen LogP contribution in [0.25, 0.3) is 0 Å². The number of carboxylic acid groups (broad SMARTS) is 1. The van der Waals surface area contributed by atoms with Crippen molar-refractivity contribution in [1.82, 2.24) is 0 Å². The highest BCUT2D eigenvalue weighted by molar-refractivity contribution is 8.00. The SMILES string of the molecule is O=C(O)CC(Sc1ccc(F)cc1F)C(F)(F)F. The molecule has 1 unspecified atom stereocenters. The number of carboxylic acids is 1. The maximum Gasteiger partial charge on any atom is 0.401 e. The Morgan fingerprint density at radius 1 is 1.33 bits per heavy atom. The number of benzene rings is 1. The van der Waals surface area contributed by atoms with Gasteiger partial charge in [0.25, 0.3) is 0 Å². The van der Waals surface area contributed by atoms with E-state index in [1.165, 1.54) is 0 Å². The summed E-state index contributed by atoms with van der Waals surface area (Å²) in [5.74, 6) is -3.72. The first kappa shape index (κ1) is 14.7. The number of hydrogen-bond donors (Lipinski definition) is 1. The van der Waals surface area contributed by atoms with Gasteiger partial charge in [-0.1, -0.05) is 0 Å². The molecule has 0 saturated heterocycles. The molecule has 0 aromatic heterocycles. The van der Waals surface area contributed by atoms with Gasteiger partial charge in [0.15, 0.2) is 0 Å². The molecular weight excluding hydrogens is 279 g/mol. The summed E-state index contributed by atoms with van der Waals surface area (Å²) in [6.07, 6.45) is -5.98. The molecule has 1 aromatic carbocycles. The number of hydrogen-bond acceptors (Lipinski definition) is 2. The van der Waals surface area contributed by atoms with Gasteiger partial charge in [0.05, 0.1) is 6.42 Å². The largest absolute Gasteiger partial charge is 0.481 e. The van der Waals surface area contributed by atoms with Crippen molar-refractivity contribution >= 4 is 17.7 Å². The van der Waals surface area contributed by atoms with Crippen molar-refractivity contribution in [2.75, 3.05) is 0 Å². The smallest absolute Gasteiger partial charge is 0.401 e. The van der Waals surface area contributed by atoms with E-state index in [1.54, 1.807) is 0 Å². The molecule has 0 heterocycles. The first-order chi connectivity index (χ1) is 8.20. The molecule has 0 aliphatic heterocycles. The average molecular weight is 286 g/mol. The number of alkyl halides is 3. The van der Waals surface area contributed by atoms with Crippen LogP contribution in [0.5, 0.6) is 0 Å². The molecule has 1 aromatic rings. The van der Waals surface area contributed by atoms with Crippen molar-refractivity contribution in [3.8, 4) is 0 Å². The van der Waals surface area contributed by atoms with Crippen LogP contribution in [0.2, 0.25) is 0 Å². The van der Waals surface area contributed by atoms with Gasteiger partial charge in [-0.3, -0.25) is 4.79 Å². The molecule has 100 valence electrons. The normalized spacial score (nSPS) is 13.4. The molecule has 0 fully saturated rings. The highest BCUT2D eigenvalue weighted by Gasteiger charge is 2.42. The molecular formula is C10H7F5O2S. The molecule has 18 heavy (non-hydrogen) atoms. The predicted octanol–water partition coefficient (Wildman–Crippen LogP) is 3.46. The van der Waals surface area contributed by atoms with Gasteiger partial charge in [0, 0.05) is 11.0 Å². The summed E-state index contributed by atoms with van der Waals surface area (Å²) in [4.78, 5) is 9.87. The van der Waals surface area contributed by atoms with Crippen LogP contribution in [-0.4, -0.2) is 22.5 Å². The third-order valence-electron chi connectivity index (χ3n) is 1.89. The average Bonchev–Trinajstić information content (AvgIpc) is 2.18. The Hall–Kier alpha value is -1.31. The molecule has 0 saturated carbocycles. The van der Waals surface area contributed by atoms with E-state index in [4.69, 9.17) is 5.11 Å². The minimum Gasteiger partial charge on any atom is -0.481 e. The lowest BCUT2D eigenvalue weighted by Gasteiger charge is -2.18. The zero-order valence-corrected chi connectivity index (χ0v) is 9.49. The highest BCUT2D eigenvalue weighted by atomic mass is 32.2. The van der Waals surface area contributed by atoms with Crippen molar-refractivity contribution in [3.63, 3.8) is 0 Å². The lowest BCUT2D eigenvalue weighted by molar-refractivity contribution is -0.149. The van der Waals surface area contributed by atoms with Gasteiger partial charge in [-0.25, -0.2) is 8.78 Å². The maximum atomic E-state index is 13.2. The Morgan fingerprint density at radius 2 is 1.94 bits per heavy atom. The number of aliphatic carboxylic acids is 1. The van der Waals surface area contributed by atoms with Crippen LogP contribution in [0.1, 0.15) is 6.42 Å². The molecule has 2 nitrogen and oxygen atoms in total. The van der Waals surface area contributed by atoms with E-state index in [0.29, 0.717) is 6.07 Å². The monoisotopic (exact) mass is 286 g/mol. The van der Waals surface area contributed by atoms with E-state index in [0.717, 1.165) is 12.1 Å². The van der Waals surface area contributed by atoms with Gasteiger partial charge in [0.2, 0.25) is 0 Å². The van der Waals surface area contributed by atoms with Gasteiger partial charge in [-0.2, -0.15) is 13.2 Å². The molecule has 0 radical (unpaired) electrons. The summed E-state index contributed by atoms with van der Waals surface area (Å²) in [5.41, 5.74) is 0. The molecule has 1 atom stereocenters. The second-order valence-electron chi connectivity index (χ2n) is 3.32. The van der Waals surface area contributed by atoms with Crippen LogP contribution in [-0.2, 0) is 4.79 Å². The molecule has 0 spiro atoms. The van der Waals surface area contributed by atoms with Crippen LogP contribution in [0.15, 0.2) is 23.1 Å². The zero-order valence-electron chi connectivity index (χ0n) is 8.67. The first-order valence-corrected chi connectivity index (χ1v) is 5.48. The van der Waals surface area contributed by atoms with Crippen molar-refractivity contribution < 1.29 is 31.9 Å². The fraction of sp³-hybridized carbons (Fsp3) is 0.300. The Balaban J connectivity index is 2.92. The maximum absolute atomic E-state index is 13.2. The number of halogens is 5. The summed E-state index contributed by atoms with van der Waals surface area (Å²) < 4.78 is 63.2. The van der Waals surface area contributed by atoms with Gasteiger partial charge in [-0.05, 0) is 12.1 Å². The van der Waals surface area contributed by atoms with Crippen LogP contribution >= 0.6 is 11.8 Å². The predicted molar refractivity (Wildman–Crippen MR) is 54.3 cm³/mol. The Kier molecular flexibility index (Phi) is 4.55. The molecule has 0 aliphatic rings. The number of thioether (sulfide) groups is 1. The standard InChI is InChI=1S/C10H7F5O2S/c11-5-1-2-7(6(12)3-5)18-8(4-9(16)17)10(13,14)15/h1-3,8H,4H2,(H,16,17). The van der Waals surface area contributed by atoms with E-state index in [-0.39, 0.29) is 11.8 Å². The van der Waals surface area contributed by atoms with Crippen LogP contribution in [0.3, 0.4) is 0 Å². The van der Waals surface area contributed by atoms with Gasteiger partial charge >= 0.3 is 12.1 Å². The summed E-state index contributed by atoms with van der Waals surface area (Å²) in [7, 11) is 0. The highest BCUT2D eigenvalue weighted by Crippen LogP contribution is 2.38. The van der Waals surface area contributed by atoms with E-state index < -0.39 is 40.3 Å². The third-order valence-corrected chi connectivity index (χ3v) is 3.19. The summed E-state index contributed by atoms with van der Waals surface area (Å²) in [5, 5.41) is 6.09. The van der Waals surface area contributed by atoms with E-state index in [2.05, 4.69) is 0 Å². The van der Waals surface area contributed by atoms with Crippen molar-refractivity contribution in [2.45, 2.75) is 22.7 Å². The summed E-state index contributed by atoms with van der Waals surface area (Å²) in [6, 6.07) is 2.09. The van der Waals surface area contributed by atoms with Gasteiger partial charge in [-0.15, -0.1) is 11.8 Å². The molecule has 0 bridgehead atoms. The Morgan fingerprint density at radius 3 is 2.39 bits per heavy atom. The van der Waals surface area contributed by atoms with Crippen molar-refractivity contribution in [1.29, 1.82) is 0 Å². The van der Waals surface area contributed by atoms with Crippen LogP contribution in [0.4, 0.5) is 22.0 Å². The zero-order chi connectivity index (χ0) is 13.9. The quantitative estimate of drug-likeness (QED) is 0.680. The molecule has 0 aliphatic carbocycles. The van der Waals surface area contributed by atoms with Crippen LogP contribution in [0, 0.1) is 11.6 Å². The second kappa shape index (κ2) is 5.55. The molecule has 1 N–H and O–H groups in total. The summed E-state index contributed by atoms with van der Waals surface area (Å²) >= 11 is 0.0118. The van der Waals surface area contributed by atoms with Gasteiger partial charge < -0.3 is 5.11 Å². The van der Waals surface area contributed by atoms with Crippen molar-refractivity contribution in [2.24, 2.45) is 0 Å². The fourth-order valence-corrected chi connectivity index (χ4v) is 2.09. The van der Waals surface area contributed by atoms with Crippen LogP contribution < -0.4 is 0 Å². The topological polar surface area (TPSA) is 37.3 Å². The lowest BCUT2D eigenvalue weighted by Crippen LogP contribution is -2.28. The molecule has 8 heteroatoms. The minimum absolute atomic E-state index is 0.0118. The van der Waals surface area contributed by atoms with Gasteiger partial charge in [0.1, 0.15) is 16.9 Å². The lowest BCUT2D eigenvalue weighted by atomic mass is 10.3. The molecule has 1 rings (SSSR count). The number of carbonyl (C=O) groups is 1. The van der Waals surface area contributed by atoms with Crippen molar-refractivity contribution in [3.05, 3.63) is 29.8 Å². The minimum atomic E-state index is -4.79. The molecule has 0 amide bonds. The first-order valence-electron chi connectivity index (χ1n) is 4.60. The number of rotatable bonds is 4. The van der Waals surface area contributed by atoms with E-state index >= 15 is 0 Å². The van der Waals surface area contributed by atoms with E-state index in [9.17, 15) is 26.7 Å². The Labute approximate surface area is 103 Å². The third kappa shape index (κ3) is 4.17.